The van der Waals surface area contributed by atoms with Crippen molar-refractivity contribution in [1.82, 2.24) is 0 Å². The van der Waals surface area contributed by atoms with Crippen LogP contribution >= 0.6 is 8.15 Å². The first-order valence-corrected chi connectivity index (χ1v) is 8.96. The highest BCUT2D eigenvalue weighted by atomic mass is 31.1. The van der Waals surface area contributed by atoms with Crippen molar-refractivity contribution in [2.45, 2.75) is 39.0 Å². The average Bonchev–Trinajstić information content (AvgIpc) is 2.44. The summed E-state index contributed by atoms with van der Waals surface area (Å²) < 4.78 is 6.34. The van der Waals surface area contributed by atoms with E-state index in [1.807, 2.05) is 0 Å². The fourth-order valence-electron chi connectivity index (χ4n) is 2.91. The first-order chi connectivity index (χ1) is 10.1. The maximum Gasteiger partial charge on any atom is 0.546 e. The van der Waals surface area contributed by atoms with Gasteiger partial charge in [0.2, 0.25) is 0 Å². The van der Waals surface area contributed by atoms with E-state index in [9.17, 15) is 0 Å². The molecule has 0 amide bonds. The molecule has 1 aliphatic heterocycles. The van der Waals surface area contributed by atoms with Crippen LogP contribution in [0.2, 0.25) is 0 Å². The summed E-state index contributed by atoms with van der Waals surface area (Å²) in [6.07, 6.45) is 0. The molecule has 2 aromatic rings. The Balaban J connectivity index is 1.87. The first-order valence-electron chi connectivity index (χ1n) is 7.56. The van der Waals surface area contributed by atoms with Gasteiger partial charge in [-0.3, -0.25) is 0 Å². The van der Waals surface area contributed by atoms with Crippen LogP contribution in [0.1, 0.15) is 27.7 Å². The van der Waals surface area contributed by atoms with Crippen LogP contribution in [0.25, 0.3) is 10.8 Å². The molecule has 21 heavy (non-hydrogen) atoms. The molecule has 5 heteroatoms. The lowest BCUT2D eigenvalue weighted by Crippen LogP contribution is -2.40. The molecular weight excluding hydrogens is 278 g/mol. The van der Waals surface area contributed by atoms with Crippen LogP contribution < -0.4 is 10.5 Å². The van der Waals surface area contributed by atoms with Gasteiger partial charge >= 0.3 is 7.19 Å². The third-order valence-electron chi connectivity index (χ3n) is 3.72. The lowest BCUT2D eigenvalue weighted by molar-refractivity contribution is 0.617. The predicted octanol–water partition coefficient (Wildman–Crippen LogP) is 4.89. The first kappa shape index (κ1) is 14.7. The zero-order valence-electron chi connectivity index (χ0n) is 13.1. The van der Waals surface area contributed by atoms with E-state index in [0.717, 1.165) is 11.4 Å². The Hall–Kier alpha value is -1.25. The third kappa shape index (κ3) is 2.88. The highest BCUT2D eigenvalue weighted by Crippen LogP contribution is 2.48. The van der Waals surface area contributed by atoms with Crippen molar-refractivity contribution in [1.29, 1.82) is 0 Å². The van der Waals surface area contributed by atoms with Crippen molar-refractivity contribution in [2.75, 3.05) is 10.5 Å². The summed E-state index contributed by atoms with van der Waals surface area (Å²) in [6, 6.07) is 12.7. The molecular formula is C16H22BN2OP. The highest BCUT2D eigenvalue weighted by Gasteiger charge is 2.30. The zero-order valence-corrected chi connectivity index (χ0v) is 13.9. The number of benzene rings is 2. The van der Waals surface area contributed by atoms with E-state index in [-0.39, 0.29) is 7.19 Å². The largest absolute Gasteiger partial charge is 0.546 e. The second kappa shape index (κ2) is 5.86. The molecule has 0 bridgehead atoms. The monoisotopic (exact) mass is 300 g/mol. The SMILES string of the molecule is CC(C)P(OB1Nc2cccc3cccc(c23)N1)C(C)C. The molecule has 3 rings (SSSR count). The van der Waals surface area contributed by atoms with Gasteiger partial charge in [0.15, 0.2) is 0 Å². The Morgan fingerprint density at radius 2 is 1.43 bits per heavy atom. The summed E-state index contributed by atoms with van der Waals surface area (Å²) in [7, 11) is -0.626. The molecule has 0 atom stereocenters. The second-order valence-electron chi connectivity index (χ2n) is 6.03. The Morgan fingerprint density at radius 1 is 0.905 bits per heavy atom. The molecule has 0 radical (unpaired) electrons. The van der Waals surface area contributed by atoms with Gasteiger partial charge in [0.1, 0.15) is 0 Å². The lowest BCUT2D eigenvalue weighted by Gasteiger charge is -2.32. The summed E-state index contributed by atoms with van der Waals surface area (Å²) >= 11 is 0. The molecule has 0 saturated carbocycles. The van der Waals surface area contributed by atoms with Gasteiger partial charge in [0, 0.05) is 24.9 Å². The van der Waals surface area contributed by atoms with Crippen molar-refractivity contribution in [3.8, 4) is 0 Å². The van der Waals surface area contributed by atoms with E-state index in [1.165, 1.54) is 10.8 Å². The predicted molar refractivity (Wildman–Crippen MR) is 95.2 cm³/mol. The minimum absolute atomic E-state index is 0.151. The summed E-state index contributed by atoms with van der Waals surface area (Å²) in [5, 5.41) is 9.47. The number of anilines is 2. The molecule has 2 N–H and O–H groups in total. The maximum absolute atomic E-state index is 6.34. The van der Waals surface area contributed by atoms with Crippen LogP contribution in [-0.2, 0) is 4.44 Å². The Kier molecular flexibility index (Phi) is 4.10. The average molecular weight is 300 g/mol. The molecule has 2 aromatic carbocycles. The van der Waals surface area contributed by atoms with Gasteiger partial charge in [0.05, 0.1) is 0 Å². The molecule has 0 spiro atoms. The zero-order chi connectivity index (χ0) is 15.0. The fraction of sp³-hybridized carbons (Fsp3) is 0.375. The molecule has 0 unspecified atom stereocenters. The summed E-state index contributed by atoms with van der Waals surface area (Å²) in [4.78, 5) is 0. The normalized spacial score (nSPS) is 14.0. The molecule has 0 aromatic heterocycles. The minimum atomic E-state index is -0.475. The summed E-state index contributed by atoms with van der Waals surface area (Å²) in [6.45, 7) is 8.96. The van der Waals surface area contributed by atoms with E-state index >= 15 is 0 Å². The van der Waals surface area contributed by atoms with Gasteiger partial charge in [0.25, 0.3) is 0 Å². The van der Waals surface area contributed by atoms with Crippen LogP contribution in [-0.4, -0.2) is 18.5 Å². The Morgan fingerprint density at radius 3 is 1.90 bits per heavy atom. The summed E-state index contributed by atoms with van der Waals surface area (Å²) in [5.41, 5.74) is 3.40. The van der Waals surface area contributed by atoms with Crippen LogP contribution in [0.5, 0.6) is 0 Å². The van der Waals surface area contributed by atoms with Crippen LogP contribution in [0, 0.1) is 0 Å². The molecule has 3 nitrogen and oxygen atoms in total. The van der Waals surface area contributed by atoms with Crippen molar-refractivity contribution in [3.63, 3.8) is 0 Å². The molecule has 0 aliphatic carbocycles. The topological polar surface area (TPSA) is 33.3 Å². The lowest BCUT2D eigenvalue weighted by atomic mass is 9.92. The quantitative estimate of drug-likeness (QED) is 0.623. The van der Waals surface area contributed by atoms with Crippen LogP contribution in [0.15, 0.2) is 36.4 Å². The van der Waals surface area contributed by atoms with E-state index in [4.69, 9.17) is 4.44 Å². The number of rotatable bonds is 4. The maximum atomic E-state index is 6.34. The number of nitrogens with one attached hydrogen (secondary N) is 2. The number of hydrogen-bond acceptors (Lipinski definition) is 3. The molecule has 0 saturated heterocycles. The molecule has 1 aliphatic rings. The van der Waals surface area contributed by atoms with Gasteiger partial charge in [-0.25, -0.2) is 0 Å². The van der Waals surface area contributed by atoms with Crippen molar-refractivity contribution in [3.05, 3.63) is 36.4 Å². The van der Waals surface area contributed by atoms with Crippen LogP contribution in [0.4, 0.5) is 11.4 Å². The summed E-state index contributed by atoms with van der Waals surface area (Å²) in [5.74, 6) is 0. The third-order valence-corrected chi connectivity index (χ3v) is 6.21. The molecule has 1 heterocycles. The standard InChI is InChI=1S/C16H22BN2OP/c1-11(2)21(12(3)4)20-17-18-14-9-5-7-13-8-6-10-15(19-17)16(13)14/h5-12,18-19H,1-4H3. The van der Waals surface area contributed by atoms with Gasteiger partial charge in [-0.05, 0) is 28.8 Å². The highest BCUT2D eigenvalue weighted by molar-refractivity contribution is 7.55. The van der Waals surface area contributed by atoms with E-state index in [2.05, 4.69) is 74.5 Å². The Bertz CT molecular complexity index is 598. The minimum Gasteiger partial charge on any atom is -0.383 e. The molecule has 110 valence electrons. The van der Waals surface area contributed by atoms with Gasteiger partial charge < -0.3 is 14.9 Å². The van der Waals surface area contributed by atoms with Crippen molar-refractivity contribution >= 4 is 37.5 Å². The van der Waals surface area contributed by atoms with E-state index < -0.39 is 8.15 Å². The Labute approximate surface area is 128 Å². The van der Waals surface area contributed by atoms with Gasteiger partial charge in [-0.2, -0.15) is 0 Å². The number of hydrogen-bond donors (Lipinski definition) is 2. The van der Waals surface area contributed by atoms with Crippen molar-refractivity contribution < 1.29 is 4.44 Å². The smallest absolute Gasteiger partial charge is 0.383 e. The van der Waals surface area contributed by atoms with E-state index in [0.29, 0.717) is 11.3 Å². The van der Waals surface area contributed by atoms with Gasteiger partial charge in [-0.15, -0.1) is 0 Å². The fourth-order valence-corrected chi connectivity index (χ4v) is 4.94. The van der Waals surface area contributed by atoms with Gasteiger partial charge in [-0.1, -0.05) is 52.0 Å². The second-order valence-corrected chi connectivity index (χ2v) is 9.03. The van der Waals surface area contributed by atoms with Crippen molar-refractivity contribution in [2.24, 2.45) is 0 Å². The van der Waals surface area contributed by atoms with Crippen LogP contribution in [0.3, 0.4) is 0 Å². The molecule has 0 fully saturated rings. The van der Waals surface area contributed by atoms with E-state index in [1.54, 1.807) is 0 Å².